The predicted molar refractivity (Wildman–Crippen MR) is 106 cm³/mol. The van der Waals surface area contributed by atoms with E-state index in [0.29, 0.717) is 29.0 Å². The van der Waals surface area contributed by atoms with Gasteiger partial charge in [-0.1, -0.05) is 6.42 Å². The highest BCUT2D eigenvalue weighted by Crippen LogP contribution is 2.42. The molecule has 0 radical (unpaired) electrons. The van der Waals surface area contributed by atoms with E-state index >= 15 is 0 Å². The maximum atomic E-state index is 12.9. The average Bonchev–Trinajstić information content (AvgIpc) is 2.55. The van der Waals surface area contributed by atoms with E-state index in [9.17, 15) is 4.79 Å². The van der Waals surface area contributed by atoms with Crippen molar-refractivity contribution in [1.29, 1.82) is 0 Å². The molecular weight excluding hydrogens is 352 g/mol. The van der Waals surface area contributed by atoms with E-state index in [-0.39, 0.29) is 36.4 Å². The number of rotatable bonds is 5. The first kappa shape index (κ1) is 20.8. The topological polar surface area (TPSA) is 73.6 Å². The Morgan fingerprint density at radius 2 is 1.88 bits per heavy atom. The molecule has 2 atom stereocenters. The molecule has 0 aliphatic heterocycles. The number of nitrogens with two attached hydrogens (primary N) is 1. The minimum absolute atomic E-state index is 0. The first-order valence-corrected chi connectivity index (χ1v) is 9.39. The quantitative estimate of drug-likeness (QED) is 0.807. The Balaban J connectivity index is 0.00000243. The summed E-state index contributed by atoms with van der Waals surface area (Å²) in [6.07, 6.45) is 5.39. The third kappa shape index (κ3) is 4.63. The van der Waals surface area contributed by atoms with E-state index in [1.54, 1.807) is 7.11 Å². The zero-order valence-electron chi connectivity index (χ0n) is 15.9. The summed E-state index contributed by atoms with van der Waals surface area (Å²) in [6.45, 7) is 3.94. The summed E-state index contributed by atoms with van der Waals surface area (Å²) in [5.74, 6) is 2.46. The minimum atomic E-state index is 0. The van der Waals surface area contributed by atoms with Gasteiger partial charge in [0.2, 0.25) is 5.91 Å². The summed E-state index contributed by atoms with van der Waals surface area (Å²) < 4.78 is 11.1. The maximum Gasteiger partial charge on any atom is 0.227 e. The van der Waals surface area contributed by atoms with Crippen LogP contribution in [0, 0.1) is 17.8 Å². The fraction of sp³-hybridized carbons (Fsp3) is 0.650. The molecule has 0 spiro atoms. The minimum Gasteiger partial charge on any atom is -0.497 e. The van der Waals surface area contributed by atoms with E-state index in [2.05, 4.69) is 5.32 Å². The van der Waals surface area contributed by atoms with E-state index in [1.807, 2.05) is 32.0 Å². The molecule has 1 aromatic carbocycles. The normalized spacial score (nSPS) is 27.4. The Kier molecular flexibility index (Phi) is 7.18. The van der Waals surface area contributed by atoms with Gasteiger partial charge in [0.25, 0.3) is 0 Å². The van der Waals surface area contributed by atoms with Crippen LogP contribution in [0.5, 0.6) is 11.5 Å². The van der Waals surface area contributed by atoms with Crippen molar-refractivity contribution in [2.75, 3.05) is 12.4 Å². The number of halogens is 1. The highest BCUT2D eigenvalue weighted by molar-refractivity contribution is 5.94. The Morgan fingerprint density at radius 1 is 1.23 bits per heavy atom. The lowest BCUT2D eigenvalue weighted by Crippen LogP contribution is -2.48. The van der Waals surface area contributed by atoms with Crippen LogP contribution < -0.4 is 20.5 Å². The first-order chi connectivity index (χ1) is 12.0. The van der Waals surface area contributed by atoms with Gasteiger partial charge in [-0.25, -0.2) is 0 Å². The molecule has 2 saturated carbocycles. The Labute approximate surface area is 162 Å². The van der Waals surface area contributed by atoms with Gasteiger partial charge >= 0.3 is 0 Å². The van der Waals surface area contributed by atoms with Crippen molar-refractivity contribution in [3.8, 4) is 11.5 Å². The van der Waals surface area contributed by atoms with Gasteiger partial charge in [-0.15, -0.1) is 12.4 Å². The molecule has 2 bridgehead atoms. The second kappa shape index (κ2) is 8.96. The standard InChI is InChI=1S/C20H30N2O3.ClH/c1-12(2)25-18-8-7-16(24-3)11-17(18)22-20(23)15-9-13-5-4-6-14(10-15)19(13)21;/h7-8,11-15,19H,4-6,9-10,21H2,1-3H3,(H,22,23);1H. The molecule has 1 aromatic rings. The highest BCUT2D eigenvalue weighted by Gasteiger charge is 2.40. The van der Waals surface area contributed by atoms with Gasteiger partial charge in [0, 0.05) is 18.0 Å². The number of carbonyl (C=O) groups is 1. The molecule has 2 unspecified atom stereocenters. The number of fused-ring (bicyclic) bond motifs is 2. The molecule has 2 aliphatic carbocycles. The summed E-state index contributed by atoms with van der Waals surface area (Å²) in [5.41, 5.74) is 7.03. The van der Waals surface area contributed by atoms with Gasteiger partial charge in [-0.3, -0.25) is 4.79 Å². The smallest absolute Gasteiger partial charge is 0.227 e. The van der Waals surface area contributed by atoms with Crippen LogP contribution in [0.25, 0.3) is 0 Å². The van der Waals surface area contributed by atoms with E-state index < -0.39 is 0 Å². The lowest BCUT2D eigenvalue weighted by Gasteiger charge is -2.43. The molecule has 2 fully saturated rings. The number of ether oxygens (including phenoxy) is 2. The fourth-order valence-corrected chi connectivity index (χ4v) is 4.33. The number of benzene rings is 1. The molecule has 0 aromatic heterocycles. The molecule has 3 rings (SSSR count). The Bertz CT molecular complexity index is 609. The summed E-state index contributed by atoms with van der Waals surface area (Å²) in [7, 11) is 1.62. The maximum absolute atomic E-state index is 12.9. The van der Waals surface area contributed by atoms with Crippen LogP contribution in [0.15, 0.2) is 18.2 Å². The van der Waals surface area contributed by atoms with Crippen LogP contribution in [-0.4, -0.2) is 25.2 Å². The number of anilines is 1. The Morgan fingerprint density at radius 3 is 2.46 bits per heavy atom. The SMILES string of the molecule is COc1ccc(OC(C)C)c(NC(=O)C2CC3CCCC(C2)C3N)c1.Cl. The van der Waals surface area contributed by atoms with Gasteiger partial charge in [0.05, 0.1) is 18.9 Å². The molecule has 6 heteroatoms. The van der Waals surface area contributed by atoms with Crippen LogP contribution in [0.2, 0.25) is 0 Å². The molecule has 2 aliphatic rings. The molecule has 3 N–H and O–H groups in total. The third-order valence-corrected chi connectivity index (χ3v) is 5.59. The molecule has 5 nitrogen and oxygen atoms in total. The molecule has 0 saturated heterocycles. The van der Waals surface area contributed by atoms with E-state index in [1.165, 1.54) is 6.42 Å². The van der Waals surface area contributed by atoms with Crippen molar-refractivity contribution in [3.63, 3.8) is 0 Å². The molecular formula is C20H31ClN2O3. The number of amides is 1. The highest BCUT2D eigenvalue weighted by atomic mass is 35.5. The first-order valence-electron chi connectivity index (χ1n) is 9.39. The average molecular weight is 383 g/mol. The van der Waals surface area contributed by atoms with Crippen LogP contribution >= 0.6 is 12.4 Å². The van der Waals surface area contributed by atoms with Gasteiger partial charge < -0.3 is 20.5 Å². The lowest BCUT2D eigenvalue weighted by atomic mass is 9.65. The van der Waals surface area contributed by atoms with Crippen molar-refractivity contribution in [2.45, 2.75) is 58.1 Å². The number of nitrogens with one attached hydrogen (secondary N) is 1. The molecule has 1 amide bonds. The van der Waals surface area contributed by atoms with Crippen molar-refractivity contribution in [2.24, 2.45) is 23.5 Å². The van der Waals surface area contributed by atoms with E-state index in [0.717, 1.165) is 25.7 Å². The number of carbonyl (C=O) groups excluding carboxylic acids is 1. The van der Waals surface area contributed by atoms with Gasteiger partial charge in [-0.05, 0) is 63.5 Å². The summed E-state index contributed by atoms with van der Waals surface area (Å²) in [5, 5.41) is 3.08. The van der Waals surface area contributed by atoms with Crippen LogP contribution in [0.3, 0.4) is 0 Å². The van der Waals surface area contributed by atoms with Crippen molar-refractivity contribution in [1.82, 2.24) is 0 Å². The van der Waals surface area contributed by atoms with Crippen molar-refractivity contribution >= 4 is 24.0 Å². The van der Waals surface area contributed by atoms with Crippen molar-refractivity contribution in [3.05, 3.63) is 18.2 Å². The monoisotopic (exact) mass is 382 g/mol. The third-order valence-electron chi connectivity index (χ3n) is 5.59. The van der Waals surface area contributed by atoms with Crippen LogP contribution in [-0.2, 0) is 4.79 Å². The second-order valence-electron chi connectivity index (χ2n) is 7.71. The number of methoxy groups -OCH3 is 1. The molecule has 0 heterocycles. The zero-order chi connectivity index (χ0) is 18.0. The molecule has 146 valence electrons. The van der Waals surface area contributed by atoms with Gasteiger partial charge in [-0.2, -0.15) is 0 Å². The Hall–Kier alpha value is -1.46. The fourth-order valence-electron chi connectivity index (χ4n) is 4.33. The summed E-state index contributed by atoms with van der Waals surface area (Å²) in [6, 6.07) is 5.79. The van der Waals surface area contributed by atoms with Crippen LogP contribution in [0.1, 0.15) is 46.0 Å². The van der Waals surface area contributed by atoms with Gasteiger partial charge in [0.1, 0.15) is 11.5 Å². The number of hydrogen-bond acceptors (Lipinski definition) is 4. The van der Waals surface area contributed by atoms with Gasteiger partial charge in [0.15, 0.2) is 0 Å². The second-order valence-corrected chi connectivity index (χ2v) is 7.71. The number of hydrogen-bond donors (Lipinski definition) is 2. The summed E-state index contributed by atoms with van der Waals surface area (Å²) >= 11 is 0. The van der Waals surface area contributed by atoms with Crippen LogP contribution in [0.4, 0.5) is 5.69 Å². The zero-order valence-corrected chi connectivity index (χ0v) is 16.7. The van der Waals surface area contributed by atoms with E-state index in [4.69, 9.17) is 15.2 Å². The molecule has 26 heavy (non-hydrogen) atoms. The lowest BCUT2D eigenvalue weighted by molar-refractivity contribution is -0.122. The summed E-state index contributed by atoms with van der Waals surface area (Å²) in [4.78, 5) is 12.9. The largest absolute Gasteiger partial charge is 0.497 e. The predicted octanol–water partition coefficient (Wildman–Crippen LogP) is 4.00. The van der Waals surface area contributed by atoms with Crippen molar-refractivity contribution < 1.29 is 14.3 Å².